The summed E-state index contributed by atoms with van der Waals surface area (Å²) < 4.78 is 43.8. The molecule has 0 N–H and O–H groups in total. The van der Waals surface area contributed by atoms with Gasteiger partial charge < -0.3 is 18.8 Å². The van der Waals surface area contributed by atoms with Crippen LogP contribution in [0.15, 0.2) is 36.4 Å². The number of rotatable bonds is 4. The van der Waals surface area contributed by atoms with Crippen molar-refractivity contribution in [2.24, 2.45) is 7.05 Å². The molecule has 0 spiro atoms. The lowest BCUT2D eigenvalue weighted by molar-refractivity contribution is 0.0528. The first-order valence-electron chi connectivity index (χ1n) is 9.07. The number of fused-ring (bicyclic) bond motifs is 2. The van der Waals surface area contributed by atoms with Crippen LogP contribution >= 0.6 is 0 Å². The van der Waals surface area contributed by atoms with Gasteiger partial charge in [0.05, 0.1) is 39.5 Å². The summed E-state index contributed by atoms with van der Waals surface area (Å²) in [5, 5.41) is 0.596. The summed E-state index contributed by atoms with van der Waals surface area (Å²) in [6.45, 7) is 2.75. The van der Waals surface area contributed by atoms with Crippen molar-refractivity contribution < 1.29 is 27.6 Å². The minimum atomic E-state index is -0.543. The first-order chi connectivity index (χ1) is 14.0. The molecule has 0 unspecified atom stereocenters. The first kappa shape index (κ1) is 19.2. The van der Waals surface area contributed by atoms with Crippen LogP contribution in [0.5, 0.6) is 11.5 Å². The van der Waals surface area contributed by atoms with Crippen molar-refractivity contribution in [3.8, 4) is 11.5 Å². The van der Waals surface area contributed by atoms with Crippen LogP contribution in [-0.2, 0) is 23.0 Å². The first-order valence-corrected chi connectivity index (χ1v) is 9.81. The van der Waals surface area contributed by atoms with Crippen LogP contribution in [0.3, 0.4) is 0 Å². The Bertz CT molecular complexity index is 1160. The number of nitrogens with zero attached hydrogens (tertiary/aromatic N) is 1. The van der Waals surface area contributed by atoms with Gasteiger partial charge in [0.1, 0.15) is 19.0 Å². The van der Waals surface area contributed by atoms with Crippen molar-refractivity contribution in [1.82, 2.24) is 4.57 Å². The summed E-state index contributed by atoms with van der Waals surface area (Å²) in [5.41, 5.74) is 1.89. The summed E-state index contributed by atoms with van der Waals surface area (Å²) in [6.07, 6.45) is 0. The van der Waals surface area contributed by atoms with E-state index in [1.807, 2.05) is 0 Å². The molecular formula is C21H18FNO5S. The summed E-state index contributed by atoms with van der Waals surface area (Å²) in [5.74, 6) is 0.154. The zero-order valence-electron chi connectivity index (χ0n) is 15.9. The number of hydrogen-bond acceptors (Lipinski definition) is 5. The van der Waals surface area contributed by atoms with E-state index in [0.717, 1.165) is 0 Å². The Hall–Kier alpha value is -3.13. The molecule has 1 aromatic heterocycles. The van der Waals surface area contributed by atoms with Gasteiger partial charge in [-0.3, -0.25) is 0 Å². The molecule has 150 valence electrons. The molecule has 0 aliphatic carbocycles. The van der Waals surface area contributed by atoms with Gasteiger partial charge in [-0.2, -0.15) is 0 Å². The Morgan fingerprint density at radius 1 is 1.17 bits per heavy atom. The zero-order chi connectivity index (χ0) is 20.5. The SMILES string of the molecule is CCOC(=O)c1c(C(=S=O)c2ccc(F)cc2)n(C)c2cc3c(cc12)OCCO3. The van der Waals surface area contributed by atoms with Crippen molar-refractivity contribution in [2.45, 2.75) is 6.92 Å². The fourth-order valence-corrected chi connectivity index (χ4v) is 4.02. The number of esters is 1. The van der Waals surface area contributed by atoms with Crippen LogP contribution in [-0.4, -0.2) is 39.4 Å². The average molecular weight is 415 g/mol. The molecule has 0 saturated carbocycles. The van der Waals surface area contributed by atoms with Crippen molar-refractivity contribution in [1.29, 1.82) is 0 Å². The van der Waals surface area contributed by atoms with Gasteiger partial charge in [0.25, 0.3) is 0 Å². The standard InChI is InChI=1S/C21H18FNO5S/c1-3-26-21(24)18-14-10-16-17(28-9-8-27-16)11-15(14)23(2)19(18)20(29-25)12-4-6-13(22)7-5-12/h4-7,10-11H,3,8-9H2,1-2H3. The molecule has 2 aromatic carbocycles. The van der Waals surface area contributed by atoms with E-state index < -0.39 is 11.8 Å². The van der Waals surface area contributed by atoms with Gasteiger partial charge in [-0.15, -0.1) is 0 Å². The molecule has 0 bridgehead atoms. The summed E-state index contributed by atoms with van der Waals surface area (Å²) in [7, 11) is 1.76. The summed E-state index contributed by atoms with van der Waals surface area (Å²) >= 11 is 0.246. The monoisotopic (exact) mass is 415 g/mol. The van der Waals surface area contributed by atoms with E-state index in [1.165, 1.54) is 24.3 Å². The summed E-state index contributed by atoms with van der Waals surface area (Å²) in [6, 6.07) is 9.10. The van der Waals surface area contributed by atoms with E-state index in [2.05, 4.69) is 0 Å². The maximum Gasteiger partial charge on any atom is 0.341 e. The lowest BCUT2D eigenvalue weighted by atomic mass is 10.0. The molecule has 29 heavy (non-hydrogen) atoms. The number of carbonyl (C=O) groups is 1. The Balaban J connectivity index is 2.02. The predicted molar refractivity (Wildman–Crippen MR) is 108 cm³/mol. The van der Waals surface area contributed by atoms with E-state index in [9.17, 15) is 13.4 Å². The number of aryl methyl sites for hydroxylation is 1. The predicted octanol–water partition coefficient (Wildman–Crippen LogP) is 3.05. The van der Waals surface area contributed by atoms with Crippen molar-refractivity contribution in [2.75, 3.05) is 19.8 Å². The van der Waals surface area contributed by atoms with Crippen LogP contribution in [0.1, 0.15) is 28.5 Å². The molecule has 1 aliphatic heterocycles. The number of carbonyl (C=O) groups excluding carboxylic acids is 1. The van der Waals surface area contributed by atoms with E-state index in [4.69, 9.17) is 14.2 Å². The molecule has 3 aromatic rings. The van der Waals surface area contributed by atoms with Gasteiger partial charge in [-0.05, 0) is 30.7 Å². The van der Waals surface area contributed by atoms with Crippen LogP contribution in [0, 0.1) is 5.82 Å². The molecule has 1 aliphatic rings. The maximum atomic E-state index is 13.4. The number of benzene rings is 2. The van der Waals surface area contributed by atoms with Gasteiger partial charge in [0.2, 0.25) is 0 Å². The van der Waals surface area contributed by atoms with Crippen molar-refractivity contribution in [3.63, 3.8) is 0 Å². The molecule has 0 amide bonds. The number of aromatic nitrogens is 1. The minimum absolute atomic E-state index is 0.190. The van der Waals surface area contributed by atoms with Crippen LogP contribution in [0.4, 0.5) is 4.39 Å². The second-order valence-electron chi connectivity index (χ2n) is 6.44. The second kappa shape index (κ2) is 7.71. The topological polar surface area (TPSA) is 66.8 Å². The lowest BCUT2D eigenvalue weighted by Gasteiger charge is -2.18. The quantitative estimate of drug-likeness (QED) is 0.372. The molecule has 8 heteroatoms. The van der Waals surface area contributed by atoms with E-state index in [1.54, 1.807) is 30.7 Å². The highest BCUT2D eigenvalue weighted by atomic mass is 32.1. The Morgan fingerprint density at radius 2 is 1.83 bits per heavy atom. The second-order valence-corrected chi connectivity index (χ2v) is 7.01. The third-order valence-corrected chi connectivity index (χ3v) is 5.34. The van der Waals surface area contributed by atoms with Gasteiger partial charge >= 0.3 is 5.97 Å². The average Bonchev–Trinajstić information content (AvgIpc) is 3.00. The van der Waals surface area contributed by atoms with Crippen molar-refractivity contribution >= 4 is 33.0 Å². The largest absolute Gasteiger partial charge is 0.486 e. The summed E-state index contributed by atoms with van der Waals surface area (Å²) in [4.78, 5) is 13.2. The molecule has 6 nitrogen and oxygen atoms in total. The van der Waals surface area contributed by atoms with Crippen LogP contribution in [0.25, 0.3) is 10.9 Å². The van der Waals surface area contributed by atoms with Crippen molar-refractivity contribution in [3.05, 3.63) is 59.0 Å². The maximum absolute atomic E-state index is 13.4. The molecule has 0 atom stereocenters. The Kier molecular flexibility index (Phi) is 5.10. The highest BCUT2D eigenvalue weighted by molar-refractivity contribution is 7.67. The van der Waals surface area contributed by atoms with Gasteiger partial charge in [0, 0.05) is 18.5 Å². The van der Waals surface area contributed by atoms with Crippen LogP contribution < -0.4 is 9.47 Å². The van der Waals surface area contributed by atoms with Crippen LogP contribution in [0.2, 0.25) is 0 Å². The third kappa shape index (κ3) is 3.29. The van der Waals surface area contributed by atoms with Gasteiger partial charge in [0.15, 0.2) is 11.5 Å². The molecule has 0 radical (unpaired) electrons. The molecular weight excluding hydrogens is 397 g/mol. The Labute approximate surface area is 169 Å². The molecule has 4 rings (SSSR count). The highest BCUT2D eigenvalue weighted by Gasteiger charge is 2.28. The smallest absolute Gasteiger partial charge is 0.341 e. The van der Waals surface area contributed by atoms with E-state index in [-0.39, 0.29) is 23.4 Å². The lowest BCUT2D eigenvalue weighted by Crippen LogP contribution is -2.15. The number of ether oxygens (including phenoxy) is 3. The Morgan fingerprint density at radius 3 is 2.45 bits per heavy atom. The zero-order valence-corrected chi connectivity index (χ0v) is 16.7. The van der Waals surface area contributed by atoms with Gasteiger partial charge in [-0.1, -0.05) is 12.1 Å². The molecule has 0 saturated heterocycles. The minimum Gasteiger partial charge on any atom is -0.486 e. The highest BCUT2D eigenvalue weighted by Crippen LogP contribution is 2.38. The normalized spacial score (nSPS) is 12.7. The number of hydrogen-bond donors (Lipinski definition) is 0. The van der Waals surface area contributed by atoms with Gasteiger partial charge in [-0.25, -0.2) is 13.4 Å². The van der Waals surface area contributed by atoms with E-state index >= 15 is 0 Å². The number of halogens is 1. The molecule has 2 heterocycles. The van der Waals surface area contributed by atoms with E-state index in [0.29, 0.717) is 51.7 Å². The fourth-order valence-electron chi connectivity index (χ4n) is 3.47. The molecule has 0 fully saturated rings. The fraction of sp³-hybridized carbons (Fsp3) is 0.238. The third-order valence-electron chi connectivity index (χ3n) is 4.75.